The van der Waals surface area contributed by atoms with Gasteiger partial charge in [-0.25, -0.2) is 9.78 Å². The molecular formula is C28H30N6O4. The number of carboxylic acids is 1. The van der Waals surface area contributed by atoms with Gasteiger partial charge in [0.15, 0.2) is 0 Å². The van der Waals surface area contributed by atoms with E-state index in [1.807, 2.05) is 30.3 Å². The smallest absolute Gasteiger partial charge is 0.335 e. The summed E-state index contributed by atoms with van der Waals surface area (Å²) >= 11 is 0. The first-order valence-electron chi connectivity index (χ1n) is 12.9. The van der Waals surface area contributed by atoms with Crippen molar-refractivity contribution in [3.63, 3.8) is 0 Å². The number of aromatic carboxylic acids is 1. The van der Waals surface area contributed by atoms with Gasteiger partial charge in [0, 0.05) is 51.2 Å². The SMILES string of the molecule is O=C(O)c1ccc2nc(CN3CCN(c4cccc(OCc5ccncc5)n4)CC3)n(C[C@@H]3CCO3)c2c1. The minimum absolute atomic E-state index is 0.149. The van der Waals surface area contributed by atoms with E-state index in [2.05, 4.69) is 19.4 Å². The third-order valence-electron chi connectivity index (χ3n) is 7.16. The van der Waals surface area contributed by atoms with E-state index >= 15 is 0 Å². The van der Waals surface area contributed by atoms with Gasteiger partial charge >= 0.3 is 5.97 Å². The van der Waals surface area contributed by atoms with Crippen molar-refractivity contribution in [3.8, 4) is 5.88 Å². The number of piperazine rings is 1. The highest BCUT2D eigenvalue weighted by molar-refractivity contribution is 5.92. The Bertz CT molecular complexity index is 1410. The molecule has 0 saturated carbocycles. The third kappa shape index (κ3) is 5.32. The van der Waals surface area contributed by atoms with Gasteiger partial charge in [-0.2, -0.15) is 4.98 Å². The van der Waals surface area contributed by atoms with Crippen molar-refractivity contribution in [1.29, 1.82) is 0 Å². The number of nitrogens with zero attached hydrogens (tertiary/aromatic N) is 6. The molecule has 196 valence electrons. The lowest BCUT2D eigenvalue weighted by molar-refractivity contribution is -0.0592. The Labute approximate surface area is 220 Å². The number of rotatable bonds is 9. The van der Waals surface area contributed by atoms with Gasteiger partial charge in [0.2, 0.25) is 5.88 Å². The molecule has 1 atom stereocenters. The van der Waals surface area contributed by atoms with Gasteiger partial charge in [-0.3, -0.25) is 9.88 Å². The molecule has 0 aliphatic carbocycles. The Hall–Kier alpha value is -4.02. The van der Waals surface area contributed by atoms with E-state index in [0.717, 1.165) is 67.4 Å². The van der Waals surface area contributed by atoms with Crippen molar-refractivity contribution < 1.29 is 19.4 Å². The quantitative estimate of drug-likeness (QED) is 0.360. The number of aromatic nitrogens is 4. The summed E-state index contributed by atoms with van der Waals surface area (Å²) in [6.07, 6.45) is 4.67. The Morgan fingerprint density at radius 2 is 1.87 bits per heavy atom. The minimum atomic E-state index is -0.933. The second-order valence-corrected chi connectivity index (χ2v) is 9.67. The van der Waals surface area contributed by atoms with E-state index in [1.165, 1.54) is 0 Å². The second kappa shape index (κ2) is 10.8. The molecule has 6 rings (SSSR count). The molecule has 2 saturated heterocycles. The molecule has 0 radical (unpaired) electrons. The van der Waals surface area contributed by atoms with Crippen LogP contribution in [0.5, 0.6) is 5.88 Å². The number of anilines is 1. The van der Waals surface area contributed by atoms with E-state index in [1.54, 1.807) is 30.6 Å². The van der Waals surface area contributed by atoms with Crippen LogP contribution in [-0.2, 0) is 24.4 Å². The molecule has 2 fully saturated rings. The summed E-state index contributed by atoms with van der Waals surface area (Å²) in [5, 5.41) is 9.48. The molecule has 0 bridgehead atoms. The van der Waals surface area contributed by atoms with Gasteiger partial charge in [-0.05, 0) is 48.4 Å². The van der Waals surface area contributed by atoms with E-state index in [0.29, 0.717) is 25.6 Å². The van der Waals surface area contributed by atoms with Crippen molar-refractivity contribution in [1.82, 2.24) is 24.4 Å². The van der Waals surface area contributed by atoms with Gasteiger partial charge < -0.3 is 24.0 Å². The van der Waals surface area contributed by atoms with Crippen molar-refractivity contribution in [2.45, 2.75) is 32.2 Å². The van der Waals surface area contributed by atoms with Crippen molar-refractivity contribution in [3.05, 3.63) is 77.9 Å². The molecule has 10 nitrogen and oxygen atoms in total. The highest BCUT2D eigenvalue weighted by atomic mass is 16.5. The Kier molecular flexibility index (Phi) is 6.89. The largest absolute Gasteiger partial charge is 0.478 e. The number of hydrogen-bond acceptors (Lipinski definition) is 8. The first kappa shape index (κ1) is 24.3. The molecule has 38 heavy (non-hydrogen) atoms. The number of imidazole rings is 1. The Morgan fingerprint density at radius 1 is 1.05 bits per heavy atom. The second-order valence-electron chi connectivity index (χ2n) is 9.67. The number of carboxylic acid groups (broad SMARTS) is 1. The maximum absolute atomic E-state index is 11.6. The summed E-state index contributed by atoms with van der Waals surface area (Å²) in [5.74, 6) is 1.52. The van der Waals surface area contributed by atoms with Crippen molar-refractivity contribution in [2.24, 2.45) is 0 Å². The number of ether oxygens (including phenoxy) is 2. The van der Waals surface area contributed by atoms with E-state index in [9.17, 15) is 9.90 Å². The highest BCUT2D eigenvalue weighted by Crippen LogP contribution is 2.24. The lowest BCUT2D eigenvalue weighted by Crippen LogP contribution is -2.46. The number of fused-ring (bicyclic) bond motifs is 1. The first-order valence-corrected chi connectivity index (χ1v) is 12.9. The number of hydrogen-bond donors (Lipinski definition) is 1. The van der Waals surface area contributed by atoms with Gasteiger partial charge in [0.05, 0.1) is 35.8 Å². The molecular weight excluding hydrogens is 484 g/mol. The zero-order valence-electron chi connectivity index (χ0n) is 21.1. The minimum Gasteiger partial charge on any atom is -0.478 e. The summed E-state index contributed by atoms with van der Waals surface area (Å²) in [5.41, 5.74) is 2.99. The summed E-state index contributed by atoms with van der Waals surface area (Å²) in [6.45, 7) is 6.03. The maximum Gasteiger partial charge on any atom is 0.335 e. The van der Waals surface area contributed by atoms with Crippen LogP contribution < -0.4 is 9.64 Å². The third-order valence-corrected chi connectivity index (χ3v) is 7.16. The normalized spacial score (nSPS) is 17.9. The van der Waals surface area contributed by atoms with Crippen LogP contribution >= 0.6 is 0 Å². The molecule has 10 heteroatoms. The zero-order valence-corrected chi connectivity index (χ0v) is 21.1. The summed E-state index contributed by atoms with van der Waals surface area (Å²) in [7, 11) is 0. The Balaban J connectivity index is 1.12. The standard InChI is InChI=1S/C28H30N6O4/c35-28(36)21-4-5-23-24(16-21)34(17-22-8-15-37-22)26(30-23)18-32-11-13-33(14-12-32)25-2-1-3-27(31-25)38-19-20-6-9-29-10-7-20/h1-7,9-10,16,22H,8,11-15,17-19H2,(H,35,36)/t22-/m0/s1. The van der Waals surface area contributed by atoms with Crippen LogP contribution in [0, 0.1) is 0 Å². The van der Waals surface area contributed by atoms with Gasteiger partial charge in [0.1, 0.15) is 18.2 Å². The Morgan fingerprint density at radius 3 is 2.61 bits per heavy atom. The van der Waals surface area contributed by atoms with Crippen LogP contribution in [-0.4, -0.2) is 74.4 Å². The lowest BCUT2D eigenvalue weighted by atomic mass is 10.1. The average molecular weight is 515 g/mol. The van der Waals surface area contributed by atoms with Crippen LogP contribution in [0.1, 0.15) is 28.2 Å². The molecule has 1 N–H and O–H groups in total. The number of benzene rings is 1. The molecule has 5 heterocycles. The predicted molar refractivity (Wildman–Crippen MR) is 141 cm³/mol. The van der Waals surface area contributed by atoms with Gasteiger partial charge in [-0.15, -0.1) is 0 Å². The molecule has 1 aromatic carbocycles. The van der Waals surface area contributed by atoms with Crippen molar-refractivity contribution >= 4 is 22.8 Å². The van der Waals surface area contributed by atoms with Gasteiger partial charge in [-0.1, -0.05) is 6.07 Å². The highest BCUT2D eigenvalue weighted by Gasteiger charge is 2.25. The van der Waals surface area contributed by atoms with Crippen LogP contribution in [0.25, 0.3) is 11.0 Å². The number of carbonyl (C=O) groups is 1. The van der Waals surface area contributed by atoms with Crippen LogP contribution in [0.15, 0.2) is 60.9 Å². The average Bonchev–Trinajstić information content (AvgIpc) is 3.26. The molecule has 0 spiro atoms. The zero-order chi connectivity index (χ0) is 25.9. The summed E-state index contributed by atoms with van der Waals surface area (Å²) < 4.78 is 13.7. The molecule has 4 aromatic rings. The van der Waals surface area contributed by atoms with E-state index < -0.39 is 5.97 Å². The van der Waals surface area contributed by atoms with E-state index in [4.69, 9.17) is 19.4 Å². The molecule has 2 aliphatic heterocycles. The fraction of sp³-hybridized carbons (Fsp3) is 0.357. The van der Waals surface area contributed by atoms with Crippen molar-refractivity contribution in [2.75, 3.05) is 37.7 Å². The topological polar surface area (TPSA) is 106 Å². The molecule has 2 aliphatic rings. The molecule has 0 amide bonds. The van der Waals surface area contributed by atoms with E-state index in [-0.39, 0.29) is 11.7 Å². The fourth-order valence-electron chi connectivity index (χ4n) is 4.89. The maximum atomic E-state index is 11.6. The molecule has 3 aromatic heterocycles. The lowest BCUT2D eigenvalue weighted by Gasteiger charge is -2.35. The summed E-state index contributed by atoms with van der Waals surface area (Å²) in [4.78, 5) is 29.9. The van der Waals surface area contributed by atoms with Gasteiger partial charge in [0.25, 0.3) is 0 Å². The predicted octanol–water partition coefficient (Wildman–Crippen LogP) is 3.21. The summed E-state index contributed by atoms with van der Waals surface area (Å²) in [6, 6.07) is 14.9. The van der Waals surface area contributed by atoms with Crippen LogP contribution in [0.2, 0.25) is 0 Å². The first-order chi connectivity index (χ1) is 18.6. The number of pyridine rings is 2. The van der Waals surface area contributed by atoms with Crippen LogP contribution in [0.4, 0.5) is 5.82 Å². The molecule has 0 unspecified atom stereocenters. The van der Waals surface area contributed by atoms with Crippen LogP contribution in [0.3, 0.4) is 0 Å². The monoisotopic (exact) mass is 514 g/mol. The fourth-order valence-corrected chi connectivity index (χ4v) is 4.89.